The van der Waals surface area contributed by atoms with Gasteiger partial charge in [0, 0.05) is 0 Å². The molecule has 0 aliphatic carbocycles. The standard InChI is InChI=1S/C19H19NO2S/c1-2-8-15(14-9-4-3-5-10-14)19(21)22-13-18-20-16-11-6-7-12-17(16)23-18/h3-7,9-12,15H,2,8,13H2,1H3. The summed E-state index contributed by atoms with van der Waals surface area (Å²) in [6.45, 7) is 2.32. The van der Waals surface area contributed by atoms with Gasteiger partial charge in [-0.25, -0.2) is 4.98 Å². The molecule has 1 heterocycles. The molecule has 0 fully saturated rings. The SMILES string of the molecule is CCCC(C(=O)OCc1nc2ccccc2s1)c1ccccc1. The van der Waals surface area contributed by atoms with Crippen molar-refractivity contribution in [3.05, 3.63) is 65.2 Å². The lowest BCUT2D eigenvalue weighted by atomic mass is 9.95. The molecule has 0 bridgehead atoms. The van der Waals surface area contributed by atoms with Gasteiger partial charge in [-0.2, -0.15) is 0 Å². The summed E-state index contributed by atoms with van der Waals surface area (Å²) >= 11 is 1.57. The van der Waals surface area contributed by atoms with Gasteiger partial charge in [0.05, 0.1) is 16.1 Å². The molecule has 1 unspecified atom stereocenters. The molecule has 0 spiro atoms. The topological polar surface area (TPSA) is 39.2 Å². The number of thiazole rings is 1. The fourth-order valence-electron chi connectivity index (χ4n) is 2.61. The van der Waals surface area contributed by atoms with Gasteiger partial charge in [0.15, 0.2) is 0 Å². The van der Waals surface area contributed by atoms with E-state index in [2.05, 4.69) is 11.9 Å². The minimum absolute atomic E-state index is 0.169. The number of carbonyl (C=O) groups is 1. The molecule has 118 valence electrons. The van der Waals surface area contributed by atoms with Gasteiger partial charge in [-0.3, -0.25) is 4.79 Å². The maximum absolute atomic E-state index is 12.5. The molecule has 1 aromatic heterocycles. The average molecular weight is 325 g/mol. The molecule has 0 aliphatic heterocycles. The first-order chi connectivity index (χ1) is 11.3. The van der Waals surface area contributed by atoms with Crippen LogP contribution in [0.25, 0.3) is 10.2 Å². The number of carbonyl (C=O) groups excluding carboxylic acids is 1. The third kappa shape index (κ3) is 3.77. The van der Waals surface area contributed by atoms with Crippen LogP contribution in [0.3, 0.4) is 0 Å². The number of fused-ring (bicyclic) bond motifs is 1. The van der Waals surface area contributed by atoms with Crippen LogP contribution in [-0.2, 0) is 16.1 Å². The van der Waals surface area contributed by atoms with Crippen LogP contribution in [0, 0.1) is 0 Å². The van der Waals surface area contributed by atoms with Crippen LogP contribution in [0.1, 0.15) is 36.3 Å². The number of aromatic nitrogens is 1. The molecule has 0 aliphatic rings. The summed E-state index contributed by atoms with van der Waals surface area (Å²) in [5.74, 6) is -0.368. The van der Waals surface area contributed by atoms with Crippen LogP contribution in [0.2, 0.25) is 0 Å². The summed E-state index contributed by atoms with van der Waals surface area (Å²) in [7, 11) is 0. The van der Waals surface area contributed by atoms with E-state index in [-0.39, 0.29) is 18.5 Å². The van der Waals surface area contributed by atoms with Crippen LogP contribution < -0.4 is 0 Å². The number of benzene rings is 2. The molecule has 0 saturated carbocycles. The molecule has 3 nitrogen and oxygen atoms in total. The summed E-state index contributed by atoms with van der Waals surface area (Å²) in [6.07, 6.45) is 1.73. The highest BCUT2D eigenvalue weighted by molar-refractivity contribution is 7.18. The molecular formula is C19H19NO2S. The van der Waals surface area contributed by atoms with Crippen molar-refractivity contribution in [2.45, 2.75) is 32.3 Å². The van der Waals surface area contributed by atoms with Crippen LogP contribution in [0.5, 0.6) is 0 Å². The van der Waals surface area contributed by atoms with Crippen LogP contribution in [0.4, 0.5) is 0 Å². The van der Waals surface area contributed by atoms with Gasteiger partial charge >= 0.3 is 5.97 Å². The molecular weight excluding hydrogens is 306 g/mol. The minimum atomic E-state index is -0.199. The average Bonchev–Trinajstić information content (AvgIpc) is 3.01. The van der Waals surface area contributed by atoms with Crippen LogP contribution >= 0.6 is 11.3 Å². The normalized spacial score (nSPS) is 12.2. The largest absolute Gasteiger partial charge is 0.458 e. The molecule has 1 atom stereocenters. The number of ether oxygens (including phenoxy) is 1. The Labute approximate surface area is 139 Å². The second-order valence-electron chi connectivity index (χ2n) is 5.43. The van der Waals surface area contributed by atoms with E-state index in [1.807, 2.05) is 54.6 Å². The monoisotopic (exact) mass is 325 g/mol. The number of hydrogen-bond acceptors (Lipinski definition) is 4. The van der Waals surface area contributed by atoms with Gasteiger partial charge in [0.2, 0.25) is 0 Å². The van der Waals surface area contributed by atoms with Crippen molar-refractivity contribution >= 4 is 27.5 Å². The Balaban J connectivity index is 1.69. The van der Waals surface area contributed by atoms with Crippen molar-refractivity contribution < 1.29 is 9.53 Å². The number of para-hydroxylation sites is 1. The van der Waals surface area contributed by atoms with Crippen LogP contribution in [0.15, 0.2) is 54.6 Å². The Morgan fingerprint density at radius 2 is 1.87 bits per heavy atom. The van der Waals surface area contributed by atoms with E-state index in [1.54, 1.807) is 11.3 Å². The lowest BCUT2D eigenvalue weighted by molar-refractivity contribution is -0.147. The number of hydrogen-bond donors (Lipinski definition) is 0. The maximum Gasteiger partial charge on any atom is 0.313 e. The number of esters is 1. The van der Waals surface area contributed by atoms with E-state index in [9.17, 15) is 4.79 Å². The minimum Gasteiger partial charge on any atom is -0.458 e. The first-order valence-electron chi connectivity index (χ1n) is 7.84. The smallest absolute Gasteiger partial charge is 0.313 e. The van der Waals surface area contributed by atoms with Gasteiger partial charge in [-0.1, -0.05) is 55.8 Å². The molecule has 2 aromatic carbocycles. The third-order valence-corrected chi connectivity index (χ3v) is 4.75. The van der Waals surface area contributed by atoms with Crippen molar-refractivity contribution in [1.82, 2.24) is 4.98 Å². The predicted molar refractivity (Wildman–Crippen MR) is 93.5 cm³/mol. The molecule has 0 saturated heterocycles. The highest BCUT2D eigenvalue weighted by Gasteiger charge is 2.21. The fraction of sp³-hybridized carbons (Fsp3) is 0.263. The van der Waals surface area contributed by atoms with Crippen molar-refractivity contribution in [2.75, 3.05) is 0 Å². The first-order valence-corrected chi connectivity index (χ1v) is 8.65. The second-order valence-corrected chi connectivity index (χ2v) is 6.55. The highest BCUT2D eigenvalue weighted by atomic mass is 32.1. The number of nitrogens with zero attached hydrogens (tertiary/aromatic N) is 1. The van der Waals surface area contributed by atoms with Crippen molar-refractivity contribution in [1.29, 1.82) is 0 Å². The van der Waals surface area contributed by atoms with E-state index in [4.69, 9.17) is 4.74 Å². The van der Waals surface area contributed by atoms with E-state index in [0.29, 0.717) is 0 Å². The molecule has 3 aromatic rings. The molecule has 23 heavy (non-hydrogen) atoms. The van der Waals surface area contributed by atoms with E-state index in [1.165, 1.54) is 0 Å². The van der Waals surface area contributed by atoms with Gasteiger partial charge < -0.3 is 4.74 Å². The van der Waals surface area contributed by atoms with Crippen molar-refractivity contribution in [3.8, 4) is 0 Å². The summed E-state index contributed by atoms with van der Waals surface area (Å²) in [4.78, 5) is 17.0. The van der Waals surface area contributed by atoms with Crippen molar-refractivity contribution in [2.24, 2.45) is 0 Å². The molecule has 0 amide bonds. The lowest BCUT2D eigenvalue weighted by Gasteiger charge is -2.15. The zero-order valence-corrected chi connectivity index (χ0v) is 13.9. The summed E-state index contributed by atoms with van der Waals surface area (Å²) in [5, 5.41) is 0.836. The fourth-order valence-corrected chi connectivity index (χ4v) is 3.49. The molecule has 4 heteroatoms. The Morgan fingerprint density at radius 1 is 1.13 bits per heavy atom. The number of rotatable bonds is 6. The highest BCUT2D eigenvalue weighted by Crippen LogP contribution is 2.25. The Morgan fingerprint density at radius 3 is 2.61 bits per heavy atom. The molecule has 3 rings (SSSR count). The van der Waals surface area contributed by atoms with E-state index >= 15 is 0 Å². The van der Waals surface area contributed by atoms with Gasteiger partial charge in [0.1, 0.15) is 11.6 Å². The summed E-state index contributed by atoms with van der Waals surface area (Å²) in [6, 6.07) is 17.8. The summed E-state index contributed by atoms with van der Waals surface area (Å²) < 4.78 is 6.65. The zero-order valence-electron chi connectivity index (χ0n) is 13.1. The first kappa shape index (κ1) is 15.7. The Kier molecular flexibility index (Phi) is 5.03. The van der Waals surface area contributed by atoms with Crippen molar-refractivity contribution in [3.63, 3.8) is 0 Å². The Hall–Kier alpha value is -2.20. The quantitative estimate of drug-likeness (QED) is 0.604. The molecule has 0 radical (unpaired) electrons. The predicted octanol–water partition coefficient (Wildman–Crippen LogP) is 4.92. The maximum atomic E-state index is 12.5. The van der Waals surface area contributed by atoms with E-state index < -0.39 is 0 Å². The van der Waals surface area contributed by atoms with Crippen LogP contribution in [-0.4, -0.2) is 11.0 Å². The van der Waals surface area contributed by atoms with Gasteiger partial charge in [-0.05, 0) is 24.1 Å². The van der Waals surface area contributed by atoms with Gasteiger partial charge in [0.25, 0.3) is 0 Å². The second kappa shape index (κ2) is 7.38. The van der Waals surface area contributed by atoms with Gasteiger partial charge in [-0.15, -0.1) is 11.3 Å². The lowest BCUT2D eigenvalue weighted by Crippen LogP contribution is -2.16. The Bertz CT molecular complexity index is 749. The summed E-state index contributed by atoms with van der Waals surface area (Å²) in [5.41, 5.74) is 1.97. The molecule has 0 N–H and O–H groups in total. The third-order valence-electron chi connectivity index (χ3n) is 3.74. The van der Waals surface area contributed by atoms with E-state index in [0.717, 1.165) is 33.6 Å². The zero-order chi connectivity index (χ0) is 16.1.